The van der Waals surface area contributed by atoms with E-state index in [-0.39, 0.29) is 11.3 Å². The summed E-state index contributed by atoms with van der Waals surface area (Å²) in [5.41, 5.74) is 0.533. The predicted molar refractivity (Wildman–Crippen MR) is 70.9 cm³/mol. The summed E-state index contributed by atoms with van der Waals surface area (Å²) >= 11 is -1.37. The molecule has 19 heavy (non-hydrogen) atoms. The zero-order chi connectivity index (χ0) is 13.8. The molecular formula is C13H15F2NO2S. The molecule has 3 nitrogen and oxygen atoms in total. The lowest BCUT2D eigenvalue weighted by Gasteiger charge is -2.19. The standard InChI is InChI=1S/C13H15F2NO2S/c1-2-3-6-19(17)16-11-4-5-18-12-8-9(14)7-10(15)13(11)12/h7-8H,2-6H2,1H3. The third-order valence-corrected chi connectivity index (χ3v) is 3.85. The van der Waals surface area contributed by atoms with Gasteiger partial charge in [0.25, 0.3) is 0 Å². The molecule has 2 rings (SSSR count). The van der Waals surface area contributed by atoms with Gasteiger partial charge in [0, 0.05) is 18.6 Å². The van der Waals surface area contributed by atoms with E-state index in [1.807, 2.05) is 6.92 Å². The fourth-order valence-electron chi connectivity index (χ4n) is 1.85. The molecule has 0 bridgehead atoms. The summed E-state index contributed by atoms with van der Waals surface area (Å²) in [4.78, 5) is 0. The summed E-state index contributed by atoms with van der Waals surface area (Å²) in [5, 5.41) is 0. The first-order valence-corrected chi connectivity index (χ1v) is 7.47. The maximum Gasteiger partial charge on any atom is 0.139 e. The van der Waals surface area contributed by atoms with Crippen molar-refractivity contribution >= 4 is 17.1 Å². The van der Waals surface area contributed by atoms with Crippen LogP contribution in [0.1, 0.15) is 31.7 Å². The average Bonchev–Trinajstić information content (AvgIpc) is 2.35. The van der Waals surface area contributed by atoms with E-state index in [0.717, 1.165) is 25.0 Å². The largest absolute Gasteiger partial charge is 0.591 e. The second kappa shape index (κ2) is 6.34. The number of hydrogen-bond donors (Lipinski definition) is 0. The van der Waals surface area contributed by atoms with Crippen LogP contribution in [0.3, 0.4) is 0 Å². The number of hydrogen-bond acceptors (Lipinski definition) is 3. The Kier molecular flexibility index (Phi) is 4.76. The van der Waals surface area contributed by atoms with Crippen LogP contribution in [0, 0.1) is 11.6 Å². The van der Waals surface area contributed by atoms with Crippen molar-refractivity contribution in [3.8, 4) is 5.75 Å². The first-order chi connectivity index (χ1) is 9.11. The predicted octanol–water partition coefficient (Wildman–Crippen LogP) is 3.00. The maximum atomic E-state index is 13.8. The molecule has 0 radical (unpaired) electrons. The first-order valence-electron chi connectivity index (χ1n) is 6.20. The average molecular weight is 287 g/mol. The molecule has 1 heterocycles. The van der Waals surface area contributed by atoms with E-state index in [1.54, 1.807) is 0 Å². The molecular weight excluding hydrogens is 272 g/mol. The second-order valence-electron chi connectivity index (χ2n) is 4.28. The molecule has 1 unspecified atom stereocenters. The van der Waals surface area contributed by atoms with Crippen molar-refractivity contribution in [2.24, 2.45) is 4.40 Å². The number of fused-ring (bicyclic) bond motifs is 1. The molecule has 0 spiro atoms. The number of nitrogens with zero attached hydrogens (tertiary/aromatic N) is 1. The quantitative estimate of drug-likeness (QED) is 0.799. The number of halogens is 2. The third kappa shape index (κ3) is 3.45. The molecule has 0 saturated heterocycles. The fourth-order valence-corrected chi connectivity index (χ4v) is 2.91. The molecule has 1 atom stereocenters. The maximum absolute atomic E-state index is 13.8. The van der Waals surface area contributed by atoms with Crippen LogP contribution in [0.4, 0.5) is 8.78 Å². The van der Waals surface area contributed by atoms with Gasteiger partial charge in [0.1, 0.15) is 28.8 Å². The van der Waals surface area contributed by atoms with Crippen LogP contribution in [-0.4, -0.2) is 22.6 Å². The summed E-state index contributed by atoms with van der Waals surface area (Å²) < 4.78 is 47.9. The van der Waals surface area contributed by atoms with Crippen molar-refractivity contribution in [2.45, 2.75) is 26.2 Å². The molecule has 104 valence electrons. The second-order valence-corrected chi connectivity index (χ2v) is 5.51. The molecule has 0 fully saturated rings. The Morgan fingerprint density at radius 1 is 1.42 bits per heavy atom. The third-order valence-electron chi connectivity index (χ3n) is 2.79. The molecule has 1 aromatic carbocycles. The summed E-state index contributed by atoms with van der Waals surface area (Å²) in [6.07, 6.45) is 2.11. The lowest BCUT2D eigenvalue weighted by Crippen LogP contribution is -2.20. The molecule has 1 aromatic rings. The van der Waals surface area contributed by atoms with E-state index in [4.69, 9.17) is 4.74 Å². The van der Waals surface area contributed by atoms with Crippen molar-refractivity contribution in [1.29, 1.82) is 0 Å². The van der Waals surface area contributed by atoms with Gasteiger partial charge >= 0.3 is 0 Å². The number of rotatable bonds is 4. The molecule has 0 saturated carbocycles. The van der Waals surface area contributed by atoms with Crippen LogP contribution in [0.15, 0.2) is 16.5 Å². The van der Waals surface area contributed by atoms with Crippen molar-refractivity contribution < 1.29 is 18.1 Å². The first kappa shape index (κ1) is 14.3. The van der Waals surface area contributed by atoms with Gasteiger partial charge < -0.3 is 9.29 Å². The van der Waals surface area contributed by atoms with E-state index in [2.05, 4.69) is 4.40 Å². The molecule has 6 heteroatoms. The van der Waals surface area contributed by atoms with E-state index in [0.29, 0.717) is 24.5 Å². The smallest absolute Gasteiger partial charge is 0.139 e. The van der Waals surface area contributed by atoms with Gasteiger partial charge in [0.05, 0.1) is 23.5 Å². The minimum Gasteiger partial charge on any atom is -0.591 e. The molecule has 0 N–H and O–H groups in total. The van der Waals surface area contributed by atoms with Gasteiger partial charge in [-0.2, -0.15) is 0 Å². The Morgan fingerprint density at radius 3 is 2.95 bits per heavy atom. The van der Waals surface area contributed by atoms with Crippen LogP contribution >= 0.6 is 0 Å². The van der Waals surface area contributed by atoms with Gasteiger partial charge in [-0.15, -0.1) is 0 Å². The van der Waals surface area contributed by atoms with E-state index >= 15 is 0 Å². The Balaban J connectivity index is 2.29. The van der Waals surface area contributed by atoms with E-state index in [9.17, 15) is 13.3 Å². The van der Waals surface area contributed by atoms with Gasteiger partial charge in [-0.25, -0.2) is 8.78 Å². The van der Waals surface area contributed by atoms with E-state index < -0.39 is 23.0 Å². The normalized spacial score (nSPS) is 18.0. The van der Waals surface area contributed by atoms with Crippen LogP contribution < -0.4 is 4.74 Å². The topological polar surface area (TPSA) is 44.7 Å². The highest BCUT2D eigenvalue weighted by Crippen LogP contribution is 2.29. The highest BCUT2D eigenvalue weighted by Gasteiger charge is 2.24. The van der Waals surface area contributed by atoms with Crippen LogP contribution in [0.25, 0.3) is 0 Å². The van der Waals surface area contributed by atoms with E-state index in [1.165, 1.54) is 0 Å². The minimum atomic E-state index is -1.37. The number of unbranched alkanes of at least 4 members (excludes halogenated alkanes) is 1. The van der Waals surface area contributed by atoms with Gasteiger partial charge in [-0.3, -0.25) is 0 Å². The SMILES string of the molecule is CCCC[S+]([O-])N=C1CCOc2cc(F)cc(F)c21. The minimum absolute atomic E-state index is 0.134. The Morgan fingerprint density at radius 2 is 2.21 bits per heavy atom. The van der Waals surface area contributed by atoms with Gasteiger partial charge in [0.15, 0.2) is 0 Å². The van der Waals surface area contributed by atoms with Gasteiger partial charge in [-0.05, 0) is 6.42 Å². The van der Waals surface area contributed by atoms with Gasteiger partial charge in [0.2, 0.25) is 0 Å². The number of benzene rings is 1. The zero-order valence-electron chi connectivity index (χ0n) is 10.6. The summed E-state index contributed by atoms with van der Waals surface area (Å²) in [6.45, 7) is 2.29. The summed E-state index contributed by atoms with van der Waals surface area (Å²) in [5.74, 6) is -0.820. The fraction of sp³-hybridized carbons (Fsp3) is 0.462. The molecule has 0 amide bonds. The van der Waals surface area contributed by atoms with Crippen LogP contribution in [-0.2, 0) is 11.4 Å². The lowest BCUT2D eigenvalue weighted by atomic mass is 10.0. The molecule has 0 aromatic heterocycles. The molecule has 1 aliphatic rings. The van der Waals surface area contributed by atoms with Crippen molar-refractivity contribution in [3.05, 3.63) is 29.3 Å². The number of ether oxygens (including phenoxy) is 1. The zero-order valence-corrected chi connectivity index (χ0v) is 11.4. The van der Waals surface area contributed by atoms with Crippen molar-refractivity contribution in [3.63, 3.8) is 0 Å². The Hall–Kier alpha value is -1.14. The van der Waals surface area contributed by atoms with Crippen molar-refractivity contribution in [1.82, 2.24) is 0 Å². The monoisotopic (exact) mass is 287 g/mol. The molecule has 1 aliphatic heterocycles. The highest BCUT2D eigenvalue weighted by molar-refractivity contribution is 7.90. The summed E-state index contributed by atoms with van der Waals surface area (Å²) in [7, 11) is 0. The Labute approximate surface area is 114 Å². The summed E-state index contributed by atoms with van der Waals surface area (Å²) in [6, 6.07) is 1.92. The molecule has 0 aliphatic carbocycles. The highest BCUT2D eigenvalue weighted by atomic mass is 32.2. The van der Waals surface area contributed by atoms with Gasteiger partial charge in [-0.1, -0.05) is 17.7 Å². The van der Waals surface area contributed by atoms with Crippen LogP contribution in [0.5, 0.6) is 5.75 Å². The Bertz CT molecular complexity index is 494. The van der Waals surface area contributed by atoms with Crippen LogP contribution in [0.2, 0.25) is 0 Å². The van der Waals surface area contributed by atoms with Crippen molar-refractivity contribution in [2.75, 3.05) is 12.4 Å². The lowest BCUT2D eigenvalue weighted by molar-refractivity contribution is 0.315.